The van der Waals surface area contributed by atoms with Gasteiger partial charge in [-0.15, -0.1) is 6.58 Å². The van der Waals surface area contributed by atoms with Gasteiger partial charge in [0.15, 0.2) is 0 Å². The first kappa shape index (κ1) is 12.4. The summed E-state index contributed by atoms with van der Waals surface area (Å²) >= 11 is 0. The number of carboxylic acids is 1. The Morgan fingerprint density at radius 2 is 2.19 bits per heavy atom. The topological polar surface area (TPSA) is 37.3 Å². The summed E-state index contributed by atoms with van der Waals surface area (Å²) in [6, 6.07) is 2.79. The van der Waals surface area contributed by atoms with E-state index in [1.165, 1.54) is 13.0 Å². The second-order valence-electron chi connectivity index (χ2n) is 3.75. The zero-order chi connectivity index (χ0) is 12.3. The maximum absolute atomic E-state index is 13.5. The monoisotopic (exact) mass is 226 g/mol. The molecule has 0 aromatic heterocycles. The summed E-state index contributed by atoms with van der Waals surface area (Å²) in [7, 11) is 0. The lowest BCUT2D eigenvalue weighted by molar-refractivity contribution is -0.143. The van der Waals surface area contributed by atoms with Crippen LogP contribution in [0, 0.1) is 11.6 Å². The van der Waals surface area contributed by atoms with Crippen LogP contribution in [0.15, 0.2) is 30.9 Å². The minimum atomic E-state index is -1.49. The normalized spacial score (nSPS) is 14.2. The Labute approximate surface area is 92.2 Å². The van der Waals surface area contributed by atoms with Crippen molar-refractivity contribution < 1.29 is 18.7 Å². The molecule has 1 aromatic rings. The van der Waals surface area contributed by atoms with Gasteiger partial charge in [0, 0.05) is 5.56 Å². The third-order valence-corrected chi connectivity index (χ3v) is 2.55. The van der Waals surface area contributed by atoms with Crippen LogP contribution in [0.3, 0.4) is 0 Å². The van der Waals surface area contributed by atoms with E-state index >= 15 is 0 Å². The molecule has 1 atom stereocenters. The van der Waals surface area contributed by atoms with Gasteiger partial charge in [0.05, 0.1) is 5.41 Å². The summed E-state index contributed by atoms with van der Waals surface area (Å²) in [5.74, 6) is -2.60. The molecule has 0 saturated heterocycles. The molecule has 0 aliphatic rings. The smallest absolute Gasteiger partial charge is 0.314 e. The number of hydrogen-bond donors (Lipinski definition) is 1. The molecule has 0 aliphatic carbocycles. The van der Waals surface area contributed by atoms with Crippen LogP contribution in [0.4, 0.5) is 8.78 Å². The van der Waals surface area contributed by atoms with E-state index in [0.29, 0.717) is 0 Å². The number of halogens is 2. The van der Waals surface area contributed by atoms with Gasteiger partial charge in [0.2, 0.25) is 0 Å². The van der Waals surface area contributed by atoms with Crippen LogP contribution in [-0.4, -0.2) is 11.1 Å². The van der Waals surface area contributed by atoms with Crippen molar-refractivity contribution in [2.75, 3.05) is 0 Å². The fourth-order valence-corrected chi connectivity index (χ4v) is 1.52. The second-order valence-corrected chi connectivity index (χ2v) is 3.75. The number of carboxylic acid groups (broad SMARTS) is 1. The molecule has 0 heterocycles. The largest absolute Gasteiger partial charge is 0.481 e. The molecular formula is C12H12F2O2. The lowest BCUT2D eigenvalue weighted by Gasteiger charge is -2.24. The molecule has 2 nitrogen and oxygen atoms in total. The van der Waals surface area contributed by atoms with Gasteiger partial charge in [0.1, 0.15) is 11.6 Å². The van der Waals surface area contributed by atoms with Gasteiger partial charge in [-0.05, 0) is 31.5 Å². The van der Waals surface area contributed by atoms with E-state index in [2.05, 4.69) is 6.58 Å². The number of carbonyl (C=O) groups is 1. The van der Waals surface area contributed by atoms with Gasteiger partial charge >= 0.3 is 5.97 Å². The highest BCUT2D eigenvalue weighted by Crippen LogP contribution is 2.31. The summed E-state index contributed by atoms with van der Waals surface area (Å²) < 4.78 is 26.5. The zero-order valence-corrected chi connectivity index (χ0v) is 8.84. The molecule has 4 heteroatoms. The lowest BCUT2D eigenvalue weighted by atomic mass is 9.79. The van der Waals surface area contributed by atoms with Crippen molar-refractivity contribution in [2.45, 2.75) is 18.8 Å². The molecule has 0 aliphatic heterocycles. The summed E-state index contributed by atoms with van der Waals surface area (Å²) in [5.41, 5.74) is -1.66. The average molecular weight is 226 g/mol. The van der Waals surface area contributed by atoms with Crippen molar-refractivity contribution in [3.63, 3.8) is 0 Å². The number of hydrogen-bond acceptors (Lipinski definition) is 1. The van der Waals surface area contributed by atoms with Crippen molar-refractivity contribution in [3.05, 3.63) is 48.1 Å². The number of benzene rings is 1. The standard InChI is InChI=1S/C12H12F2O2/c1-3-6-12(2,11(15)16)9-7-8(13)4-5-10(9)14/h3-5,7H,1,6H2,2H3,(H,15,16). The van der Waals surface area contributed by atoms with E-state index in [1.807, 2.05) is 0 Å². The van der Waals surface area contributed by atoms with Crippen LogP contribution in [0.1, 0.15) is 18.9 Å². The number of rotatable bonds is 4. The Bertz CT molecular complexity index is 429. The average Bonchev–Trinajstić information content (AvgIpc) is 2.21. The van der Waals surface area contributed by atoms with Crippen LogP contribution in [0.25, 0.3) is 0 Å². The molecule has 0 amide bonds. The first-order chi connectivity index (χ1) is 7.41. The predicted octanol–water partition coefficient (Wildman–Crippen LogP) is 2.88. The first-order valence-corrected chi connectivity index (χ1v) is 4.71. The Morgan fingerprint density at radius 1 is 1.56 bits per heavy atom. The second kappa shape index (κ2) is 4.43. The van der Waals surface area contributed by atoms with Gasteiger partial charge in [-0.2, -0.15) is 0 Å². The van der Waals surface area contributed by atoms with Crippen LogP contribution in [0.5, 0.6) is 0 Å². The fraction of sp³-hybridized carbons (Fsp3) is 0.250. The van der Waals surface area contributed by atoms with E-state index in [-0.39, 0.29) is 12.0 Å². The Morgan fingerprint density at radius 3 is 2.69 bits per heavy atom. The lowest BCUT2D eigenvalue weighted by Crippen LogP contribution is -2.33. The molecule has 1 N–H and O–H groups in total. The van der Waals surface area contributed by atoms with Gasteiger partial charge in [-0.25, -0.2) is 8.78 Å². The minimum Gasteiger partial charge on any atom is -0.481 e. The van der Waals surface area contributed by atoms with Crippen LogP contribution in [0.2, 0.25) is 0 Å². The van der Waals surface area contributed by atoms with Gasteiger partial charge in [-0.3, -0.25) is 4.79 Å². The van der Waals surface area contributed by atoms with Crippen molar-refractivity contribution in [2.24, 2.45) is 0 Å². The molecule has 0 spiro atoms. The molecule has 1 rings (SSSR count). The van der Waals surface area contributed by atoms with Crippen molar-refractivity contribution >= 4 is 5.97 Å². The van der Waals surface area contributed by atoms with E-state index in [9.17, 15) is 13.6 Å². The molecule has 1 unspecified atom stereocenters. The van der Waals surface area contributed by atoms with Gasteiger partial charge in [-0.1, -0.05) is 6.08 Å². The Kier molecular flexibility index (Phi) is 3.42. The molecule has 16 heavy (non-hydrogen) atoms. The van der Waals surface area contributed by atoms with Gasteiger partial charge in [0.25, 0.3) is 0 Å². The number of allylic oxidation sites excluding steroid dienone is 1. The molecule has 0 radical (unpaired) electrons. The molecular weight excluding hydrogens is 214 g/mol. The van der Waals surface area contributed by atoms with E-state index in [0.717, 1.165) is 18.2 Å². The third kappa shape index (κ3) is 2.10. The van der Waals surface area contributed by atoms with Crippen LogP contribution < -0.4 is 0 Å². The van der Waals surface area contributed by atoms with Crippen molar-refractivity contribution in [3.8, 4) is 0 Å². The maximum Gasteiger partial charge on any atom is 0.314 e. The zero-order valence-electron chi connectivity index (χ0n) is 8.84. The highest BCUT2D eigenvalue weighted by molar-refractivity contribution is 5.81. The molecule has 0 fully saturated rings. The SMILES string of the molecule is C=CCC(C)(C(=O)O)c1cc(F)ccc1F. The third-order valence-electron chi connectivity index (χ3n) is 2.55. The molecule has 86 valence electrons. The highest BCUT2D eigenvalue weighted by Gasteiger charge is 2.36. The molecule has 0 bridgehead atoms. The quantitative estimate of drug-likeness (QED) is 0.801. The van der Waals surface area contributed by atoms with E-state index in [4.69, 9.17) is 5.11 Å². The Balaban J connectivity index is 3.36. The number of aliphatic carboxylic acids is 1. The van der Waals surface area contributed by atoms with Crippen molar-refractivity contribution in [1.82, 2.24) is 0 Å². The van der Waals surface area contributed by atoms with Gasteiger partial charge < -0.3 is 5.11 Å². The van der Waals surface area contributed by atoms with E-state index < -0.39 is 23.0 Å². The van der Waals surface area contributed by atoms with Crippen LogP contribution >= 0.6 is 0 Å². The maximum atomic E-state index is 13.5. The fourth-order valence-electron chi connectivity index (χ4n) is 1.52. The summed E-state index contributed by atoms with van der Waals surface area (Å²) in [5, 5.41) is 9.10. The van der Waals surface area contributed by atoms with E-state index in [1.54, 1.807) is 0 Å². The Hall–Kier alpha value is -1.71. The van der Waals surface area contributed by atoms with Crippen molar-refractivity contribution in [1.29, 1.82) is 0 Å². The summed E-state index contributed by atoms with van der Waals surface area (Å²) in [6.45, 7) is 4.77. The predicted molar refractivity (Wildman–Crippen MR) is 56.2 cm³/mol. The minimum absolute atomic E-state index is 0.0305. The highest BCUT2D eigenvalue weighted by atomic mass is 19.1. The molecule has 1 aromatic carbocycles. The first-order valence-electron chi connectivity index (χ1n) is 4.71. The van der Waals surface area contributed by atoms with Crippen LogP contribution in [-0.2, 0) is 10.2 Å². The molecule has 0 saturated carbocycles. The summed E-state index contributed by atoms with van der Waals surface area (Å²) in [6.07, 6.45) is 1.40. The summed E-state index contributed by atoms with van der Waals surface area (Å²) in [4.78, 5) is 11.1.